The van der Waals surface area contributed by atoms with Crippen molar-refractivity contribution < 1.29 is 13.9 Å². The Morgan fingerprint density at radius 1 is 1.12 bits per heavy atom. The summed E-state index contributed by atoms with van der Waals surface area (Å²) in [6, 6.07) is 1.21. The second-order valence-corrected chi connectivity index (χ2v) is 4.83. The maximum atomic E-state index is 5.66. The molecule has 0 aromatic heterocycles. The Bertz CT molecular complexity index is 139. The van der Waals surface area contributed by atoms with Gasteiger partial charge in [0.15, 0.2) is 0 Å². The molecule has 2 N–H and O–H groups in total. The van der Waals surface area contributed by atoms with E-state index < -0.39 is 6.48 Å². The third kappa shape index (κ3) is 10.6. The fraction of sp³-hybridized carbons (Fsp3) is 1.00. The van der Waals surface area contributed by atoms with Crippen molar-refractivity contribution in [1.29, 1.82) is 0 Å². The van der Waals surface area contributed by atoms with Gasteiger partial charge in [-0.15, -0.1) is 0 Å². The van der Waals surface area contributed by atoms with Crippen LogP contribution in [0, 0.1) is 0 Å². The summed E-state index contributed by atoms with van der Waals surface area (Å²) in [6.07, 6.45) is 2.92. The largest absolute Gasteiger partial charge is 0.372 e. The summed E-state index contributed by atoms with van der Waals surface area (Å²) in [4.78, 5) is 0. The molecule has 0 aliphatic carbocycles. The second-order valence-electron chi connectivity index (χ2n) is 3.81. The summed E-state index contributed by atoms with van der Waals surface area (Å²) in [5.74, 6) is 0. The molecule has 1 unspecified atom stereocenters. The Balaban J connectivity index is 3.56. The van der Waals surface area contributed by atoms with Gasteiger partial charge in [0.2, 0.25) is 9.76 Å². The van der Waals surface area contributed by atoms with Crippen molar-refractivity contribution in [2.75, 3.05) is 13.2 Å². The summed E-state index contributed by atoms with van der Waals surface area (Å²) < 4.78 is 16.4. The van der Waals surface area contributed by atoms with Gasteiger partial charge in [-0.2, -0.15) is 0 Å². The highest BCUT2D eigenvalue weighted by molar-refractivity contribution is 6.27. The summed E-state index contributed by atoms with van der Waals surface area (Å²) in [5.41, 5.74) is 5.66. The van der Waals surface area contributed by atoms with Crippen LogP contribution in [0.5, 0.6) is 0 Å². The van der Waals surface area contributed by atoms with Crippen molar-refractivity contribution >= 4 is 9.76 Å². The zero-order valence-electron chi connectivity index (χ0n) is 10.7. The van der Waals surface area contributed by atoms with E-state index in [1.807, 2.05) is 6.92 Å². The molecule has 0 aliphatic heterocycles. The maximum Gasteiger partial charge on any atom is 0.261 e. The highest BCUT2D eigenvalue weighted by Gasteiger charge is 2.09. The number of rotatable bonds is 11. The first-order chi connectivity index (χ1) is 7.70. The van der Waals surface area contributed by atoms with Crippen molar-refractivity contribution in [1.82, 2.24) is 0 Å². The molecule has 1 atom stereocenters. The Kier molecular flexibility index (Phi) is 11.6. The minimum Gasteiger partial charge on any atom is -0.372 e. The molecule has 0 saturated carbocycles. The van der Waals surface area contributed by atoms with Crippen LogP contribution in [-0.2, 0) is 13.9 Å². The number of ether oxygens (including phenoxy) is 2. The molecule has 16 heavy (non-hydrogen) atoms. The second kappa shape index (κ2) is 11.5. The lowest BCUT2D eigenvalue weighted by molar-refractivity contribution is -0.247. The lowest BCUT2D eigenvalue weighted by Crippen LogP contribution is -2.24. The molecule has 0 bridgehead atoms. The van der Waals surface area contributed by atoms with Crippen LogP contribution >= 0.6 is 0 Å². The van der Waals surface area contributed by atoms with Crippen molar-refractivity contribution in [2.45, 2.75) is 58.6 Å². The lowest BCUT2D eigenvalue weighted by atomic mass is 10.3. The van der Waals surface area contributed by atoms with Crippen molar-refractivity contribution in [3.63, 3.8) is 0 Å². The van der Waals surface area contributed by atoms with Crippen LogP contribution in [0.2, 0.25) is 6.04 Å². The Morgan fingerprint density at radius 2 is 1.69 bits per heavy atom. The zero-order valence-corrected chi connectivity index (χ0v) is 11.7. The fourth-order valence-electron chi connectivity index (χ4n) is 0.958. The molecule has 4 nitrogen and oxygen atoms in total. The summed E-state index contributed by atoms with van der Waals surface area (Å²) in [7, 11) is 0.398. The average Bonchev–Trinajstić information content (AvgIpc) is 2.26. The van der Waals surface area contributed by atoms with Gasteiger partial charge in [0.25, 0.3) is 6.48 Å². The van der Waals surface area contributed by atoms with Crippen molar-refractivity contribution in [3.8, 4) is 0 Å². The third-order valence-electron chi connectivity index (χ3n) is 1.80. The van der Waals surface area contributed by atoms with Crippen molar-refractivity contribution in [2.24, 2.45) is 5.73 Å². The number of hydrogen-bond donors (Lipinski definition) is 1. The normalized spacial score (nSPS) is 13.3. The van der Waals surface area contributed by atoms with Crippen LogP contribution in [0.25, 0.3) is 0 Å². The maximum absolute atomic E-state index is 5.66. The Hall–Kier alpha value is 0.0569. The van der Waals surface area contributed by atoms with Crippen LogP contribution in [0.3, 0.4) is 0 Å². The Morgan fingerprint density at radius 3 is 2.12 bits per heavy atom. The summed E-state index contributed by atoms with van der Waals surface area (Å²) in [5, 5.41) is 0. The van der Waals surface area contributed by atoms with Gasteiger partial charge in [-0.05, 0) is 32.2 Å². The minimum absolute atomic E-state index is 0.239. The SMILES string of the molecule is CCCOC(OCCC)O[Si]CCC(C)N. The predicted molar refractivity (Wildman–Crippen MR) is 66.2 cm³/mol. The van der Waals surface area contributed by atoms with E-state index in [0.29, 0.717) is 23.0 Å². The standard InChI is InChI=1S/C11H25NO3Si/c1-4-7-13-11(14-8-5-2)15-16-9-6-10(3)12/h10-11H,4-9,12H2,1-3H3. The molecule has 2 radical (unpaired) electrons. The van der Waals surface area contributed by atoms with Crippen LogP contribution in [-0.4, -0.2) is 35.5 Å². The van der Waals surface area contributed by atoms with E-state index in [2.05, 4.69) is 13.8 Å². The molecule has 5 heteroatoms. The highest BCUT2D eigenvalue weighted by atomic mass is 28.2. The monoisotopic (exact) mass is 247 g/mol. The van der Waals surface area contributed by atoms with E-state index in [0.717, 1.165) is 25.3 Å². The van der Waals surface area contributed by atoms with Crippen LogP contribution in [0.15, 0.2) is 0 Å². The third-order valence-corrected chi connectivity index (χ3v) is 2.65. The van der Waals surface area contributed by atoms with Gasteiger partial charge in [0.1, 0.15) is 0 Å². The molecule has 0 heterocycles. The molecular weight excluding hydrogens is 222 g/mol. The van der Waals surface area contributed by atoms with E-state index in [1.54, 1.807) is 0 Å². The van der Waals surface area contributed by atoms with Crippen LogP contribution in [0.1, 0.15) is 40.0 Å². The molecule has 0 fully saturated rings. The van der Waals surface area contributed by atoms with Crippen LogP contribution < -0.4 is 5.73 Å². The minimum atomic E-state index is -0.494. The highest BCUT2D eigenvalue weighted by Crippen LogP contribution is 2.02. The summed E-state index contributed by atoms with van der Waals surface area (Å²) in [6.45, 7) is 6.98. The van der Waals surface area contributed by atoms with Gasteiger partial charge in [0.05, 0.1) is 13.2 Å². The van der Waals surface area contributed by atoms with E-state index in [-0.39, 0.29) is 6.04 Å². The molecule has 0 spiro atoms. The zero-order chi connectivity index (χ0) is 12.2. The average molecular weight is 247 g/mol. The van der Waals surface area contributed by atoms with Crippen molar-refractivity contribution in [3.05, 3.63) is 0 Å². The van der Waals surface area contributed by atoms with E-state index in [9.17, 15) is 0 Å². The molecular formula is C11H25NO3Si. The molecule has 0 aromatic carbocycles. The molecule has 0 rings (SSSR count). The van der Waals surface area contributed by atoms with Gasteiger partial charge in [-0.1, -0.05) is 13.8 Å². The first kappa shape index (κ1) is 16.1. The van der Waals surface area contributed by atoms with E-state index in [1.165, 1.54) is 0 Å². The first-order valence-corrected chi connectivity index (χ1v) is 7.19. The van der Waals surface area contributed by atoms with E-state index >= 15 is 0 Å². The van der Waals surface area contributed by atoms with Gasteiger partial charge >= 0.3 is 0 Å². The fourth-order valence-corrected chi connectivity index (χ4v) is 1.92. The van der Waals surface area contributed by atoms with Gasteiger partial charge in [0, 0.05) is 6.04 Å². The van der Waals surface area contributed by atoms with Gasteiger partial charge in [-0.25, -0.2) is 0 Å². The number of nitrogens with two attached hydrogens (primary N) is 1. The summed E-state index contributed by atoms with van der Waals surface area (Å²) >= 11 is 0. The Labute approximate surface area is 102 Å². The van der Waals surface area contributed by atoms with E-state index in [4.69, 9.17) is 19.6 Å². The molecule has 0 aliphatic rings. The molecule has 0 amide bonds. The molecule has 96 valence electrons. The predicted octanol–water partition coefficient (Wildman–Crippen LogP) is 1.91. The first-order valence-electron chi connectivity index (χ1n) is 6.08. The number of hydrogen-bond acceptors (Lipinski definition) is 4. The quantitative estimate of drug-likeness (QED) is 0.344. The van der Waals surface area contributed by atoms with Crippen LogP contribution in [0.4, 0.5) is 0 Å². The smallest absolute Gasteiger partial charge is 0.261 e. The van der Waals surface area contributed by atoms with Gasteiger partial charge < -0.3 is 19.6 Å². The van der Waals surface area contributed by atoms with Gasteiger partial charge in [-0.3, -0.25) is 0 Å². The molecule has 0 aromatic rings. The topological polar surface area (TPSA) is 53.7 Å². The molecule has 0 saturated heterocycles. The lowest BCUT2D eigenvalue weighted by Gasteiger charge is -2.18.